The number of nitrogens with zero attached hydrogens (tertiary/aromatic N) is 1. The molecule has 0 aliphatic carbocycles. The summed E-state index contributed by atoms with van der Waals surface area (Å²) in [5.74, 6) is -0.530. The third-order valence-corrected chi connectivity index (χ3v) is 2.15. The normalized spacial score (nSPS) is 10.2. The first kappa shape index (κ1) is 14.1. The van der Waals surface area contributed by atoms with Crippen molar-refractivity contribution in [2.45, 2.75) is 26.4 Å². The lowest BCUT2D eigenvalue weighted by atomic mass is 10.2. The number of carbonyl (C=O) groups excluding carboxylic acids is 2. The molecule has 1 heterocycles. The summed E-state index contributed by atoms with van der Waals surface area (Å²) in [6, 6.07) is 3.24. The van der Waals surface area contributed by atoms with Gasteiger partial charge in [0.25, 0.3) is 5.91 Å². The predicted molar refractivity (Wildman–Crippen MR) is 67.7 cm³/mol. The summed E-state index contributed by atoms with van der Waals surface area (Å²) >= 11 is 0. The smallest absolute Gasteiger partial charge is 0.251 e. The molecule has 1 aromatic heterocycles. The number of amides is 2. The van der Waals surface area contributed by atoms with Crippen molar-refractivity contribution in [2.75, 3.05) is 6.54 Å². The highest BCUT2D eigenvalue weighted by molar-refractivity contribution is 5.96. The van der Waals surface area contributed by atoms with Crippen molar-refractivity contribution >= 4 is 11.8 Å². The quantitative estimate of drug-likeness (QED) is 0.674. The number of pyridine rings is 1. The van der Waals surface area contributed by atoms with Gasteiger partial charge in [0, 0.05) is 24.3 Å². The molecule has 18 heavy (non-hydrogen) atoms. The molecule has 0 spiro atoms. The molecule has 0 bridgehead atoms. The van der Waals surface area contributed by atoms with Gasteiger partial charge in [0.05, 0.1) is 12.2 Å². The van der Waals surface area contributed by atoms with Crippen LogP contribution in [0.25, 0.3) is 0 Å². The van der Waals surface area contributed by atoms with Crippen molar-refractivity contribution in [1.29, 1.82) is 0 Å². The van der Waals surface area contributed by atoms with E-state index < -0.39 is 0 Å². The molecular formula is C12H18N4O2. The van der Waals surface area contributed by atoms with Gasteiger partial charge in [-0.25, -0.2) is 0 Å². The van der Waals surface area contributed by atoms with Gasteiger partial charge in [0.1, 0.15) is 0 Å². The van der Waals surface area contributed by atoms with E-state index >= 15 is 0 Å². The van der Waals surface area contributed by atoms with E-state index in [0.29, 0.717) is 11.3 Å². The molecule has 0 aliphatic heterocycles. The number of carbonyl (C=O) groups is 2. The third-order valence-electron chi connectivity index (χ3n) is 2.15. The fraction of sp³-hybridized carbons (Fsp3) is 0.417. The molecule has 0 fully saturated rings. The van der Waals surface area contributed by atoms with Gasteiger partial charge >= 0.3 is 0 Å². The Morgan fingerprint density at radius 3 is 2.78 bits per heavy atom. The minimum atomic E-state index is -0.314. The van der Waals surface area contributed by atoms with Crippen LogP contribution in [0.5, 0.6) is 0 Å². The predicted octanol–water partition coefficient (Wildman–Crippen LogP) is -0.205. The van der Waals surface area contributed by atoms with Crippen LogP contribution >= 0.6 is 0 Å². The molecule has 0 radical (unpaired) electrons. The van der Waals surface area contributed by atoms with Crippen LogP contribution in [0.2, 0.25) is 0 Å². The Morgan fingerprint density at radius 1 is 1.44 bits per heavy atom. The maximum atomic E-state index is 11.7. The van der Waals surface area contributed by atoms with Crippen LogP contribution in [0.15, 0.2) is 18.3 Å². The van der Waals surface area contributed by atoms with E-state index in [1.807, 2.05) is 13.8 Å². The molecule has 2 amide bonds. The van der Waals surface area contributed by atoms with Crippen molar-refractivity contribution in [1.82, 2.24) is 15.6 Å². The van der Waals surface area contributed by atoms with Gasteiger partial charge in [-0.1, -0.05) is 0 Å². The van der Waals surface area contributed by atoms with Crippen molar-refractivity contribution in [3.63, 3.8) is 0 Å². The lowest BCUT2D eigenvalue weighted by molar-refractivity contribution is -0.120. The zero-order valence-corrected chi connectivity index (χ0v) is 10.6. The second-order valence-corrected chi connectivity index (χ2v) is 4.14. The Balaban J connectivity index is 2.52. The molecule has 6 heteroatoms. The maximum Gasteiger partial charge on any atom is 0.251 e. The second kappa shape index (κ2) is 6.70. The molecule has 6 nitrogen and oxygen atoms in total. The third kappa shape index (κ3) is 4.50. The minimum absolute atomic E-state index is 0.0444. The Morgan fingerprint density at radius 2 is 2.17 bits per heavy atom. The minimum Gasteiger partial charge on any atom is -0.352 e. The van der Waals surface area contributed by atoms with Crippen LogP contribution < -0.4 is 16.4 Å². The first-order valence-corrected chi connectivity index (χ1v) is 5.75. The molecule has 1 rings (SSSR count). The highest BCUT2D eigenvalue weighted by Crippen LogP contribution is 2.00. The Bertz CT molecular complexity index is 432. The largest absolute Gasteiger partial charge is 0.352 e. The lowest BCUT2D eigenvalue weighted by Gasteiger charge is -2.09. The summed E-state index contributed by atoms with van der Waals surface area (Å²) in [6.45, 7) is 3.94. The zero-order chi connectivity index (χ0) is 13.5. The van der Waals surface area contributed by atoms with Crippen molar-refractivity contribution in [2.24, 2.45) is 5.73 Å². The fourth-order valence-electron chi connectivity index (χ4n) is 1.37. The molecule has 4 N–H and O–H groups in total. The monoisotopic (exact) mass is 250 g/mol. The van der Waals surface area contributed by atoms with Crippen LogP contribution in [0.4, 0.5) is 0 Å². The molecule has 0 unspecified atom stereocenters. The summed E-state index contributed by atoms with van der Waals surface area (Å²) in [4.78, 5) is 27.1. The average Bonchev–Trinajstić information content (AvgIpc) is 2.35. The van der Waals surface area contributed by atoms with Crippen LogP contribution in [0.1, 0.15) is 29.9 Å². The number of rotatable bonds is 5. The highest BCUT2D eigenvalue weighted by atomic mass is 16.2. The Hall–Kier alpha value is -1.95. The molecule has 98 valence electrons. The Labute approximate surface area is 106 Å². The van der Waals surface area contributed by atoms with E-state index in [0.717, 1.165) is 0 Å². The first-order chi connectivity index (χ1) is 8.52. The van der Waals surface area contributed by atoms with E-state index in [9.17, 15) is 9.59 Å². The van der Waals surface area contributed by atoms with Gasteiger partial charge in [-0.3, -0.25) is 14.6 Å². The molecule has 1 aromatic rings. The van der Waals surface area contributed by atoms with Crippen molar-refractivity contribution < 1.29 is 9.59 Å². The van der Waals surface area contributed by atoms with Gasteiger partial charge in [0.15, 0.2) is 0 Å². The van der Waals surface area contributed by atoms with Crippen LogP contribution in [-0.2, 0) is 11.3 Å². The van der Waals surface area contributed by atoms with Gasteiger partial charge < -0.3 is 16.4 Å². The SMILES string of the molecule is CC(C)NC(=O)CNC(=O)c1ccnc(CN)c1. The molecule has 0 saturated heterocycles. The summed E-state index contributed by atoms with van der Waals surface area (Å²) in [5, 5.41) is 5.22. The molecule has 0 aliphatic rings. The van der Waals surface area contributed by atoms with E-state index in [1.165, 1.54) is 6.20 Å². The molecular weight excluding hydrogens is 232 g/mol. The van der Waals surface area contributed by atoms with Gasteiger partial charge in [-0.2, -0.15) is 0 Å². The van der Waals surface area contributed by atoms with Crippen LogP contribution in [0, 0.1) is 0 Å². The number of aromatic nitrogens is 1. The van der Waals surface area contributed by atoms with Gasteiger partial charge in [-0.15, -0.1) is 0 Å². The number of hydrogen-bond donors (Lipinski definition) is 3. The summed E-state index contributed by atoms with van der Waals surface area (Å²) < 4.78 is 0. The van der Waals surface area contributed by atoms with E-state index in [1.54, 1.807) is 12.1 Å². The van der Waals surface area contributed by atoms with Gasteiger partial charge in [-0.05, 0) is 26.0 Å². The van der Waals surface area contributed by atoms with E-state index in [2.05, 4.69) is 15.6 Å². The number of hydrogen-bond acceptors (Lipinski definition) is 4. The first-order valence-electron chi connectivity index (χ1n) is 5.75. The van der Waals surface area contributed by atoms with Crippen molar-refractivity contribution in [3.8, 4) is 0 Å². The van der Waals surface area contributed by atoms with Crippen LogP contribution in [0.3, 0.4) is 0 Å². The Kier molecular flexibility index (Phi) is 5.26. The molecule has 0 saturated carbocycles. The average molecular weight is 250 g/mol. The molecule has 0 aromatic carbocycles. The lowest BCUT2D eigenvalue weighted by Crippen LogP contribution is -2.39. The van der Waals surface area contributed by atoms with E-state index in [-0.39, 0.29) is 30.9 Å². The fourth-order valence-corrected chi connectivity index (χ4v) is 1.37. The number of nitrogens with one attached hydrogen (secondary N) is 2. The standard InChI is InChI=1S/C12H18N4O2/c1-8(2)16-11(17)7-15-12(18)9-3-4-14-10(5-9)6-13/h3-5,8H,6-7,13H2,1-2H3,(H,15,18)(H,16,17). The summed E-state index contributed by atoms with van der Waals surface area (Å²) in [5.41, 5.74) is 6.52. The molecule has 0 atom stereocenters. The zero-order valence-electron chi connectivity index (χ0n) is 10.6. The topological polar surface area (TPSA) is 97.1 Å². The maximum absolute atomic E-state index is 11.7. The second-order valence-electron chi connectivity index (χ2n) is 4.14. The van der Waals surface area contributed by atoms with Crippen molar-refractivity contribution in [3.05, 3.63) is 29.6 Å². The number of nitrogens with two attached hydrogens (primary N) is 1. The summed E-state index contributed by atoms with van der Waals surface area (Å²) in [6.07, 6.45) is 1.52. The van der Waals surface area contributed by atoms with E-state index in [4.69, 9.17) is 5.73 Å². The van der Waals surface area contributed by atoms with Gasteiger partial charge in [0.2, 0.25) is 5.91 Å². The van der Waals surface area contributed by atoms with Crippen LogP contribution in [-0.4, -0.2) is 29.4 Å². The highest BCUT2D eigenvalue weighted by Gasteiger charge is 2.09. The summed E-state index contributed by atoms with van der Waals surface area (Å²) in [7, 11) is 0.